The number of esters is 1. The second kappa shape index (κ2) is 7.36. The van der Waals surface area contributed by atoms with Gasteiger partial charge in [0.1, 0.15) is 6.54 Å². The first-order valence-electron chi connectivity index (χ1n) is 10.0. The first-order valence-corrected chi connectivity index (χ1v) is 10.0. The van der Waals surface area contributed by atoms with E-state index in [1.54, 1.807) is 0 Å². The van der Waals surface area contributed by atoms with Crippen LogP contribution in [-0.4, -0.2) is 22.1 Å². The zero-order valence-electron chi connectivity index (χ0n) is 17.7. The summed E-state index contributed by atoms with van der Waals surface area (Å²) in [6, 6.07) is 12.8. The number of hydrogen-bond donors (Lipinski definition) is 0. The van der Waals surface area contributed by atoms with Crippen molar-refractivity contribution in [2.75, 3.05) is 6.61 Å². The van der Waals surface area contributed by atoms with Crippen LogP contribution in [0, 0.1) is 27.7 Å². The Kier molecular flexibility index (Phi) is 4.87. The average molecular weight is 386 g/mol. The molecule has 0 amide bonds. The summed E-state index contributed by atoms with van der Waals surface area (Å²) in [6.07, 6.45) is 1.88. The smallest absolute Gasteiger partial charge is 0.325 e. The van der Waals surface area contributed by atoms with E-state index in [0.29, 0.717) is 6.61 Å². The molecular formula is C25H26N2O2. The third kappa shape index (κ3) is 3.29. The molecule has 0 atom stereocenters. The SMILES string of the molecule is CCOC(=O)Cn1c(C)c(-c2ccnc3c(C)cc(C)cc23)c2cc(C)ccc21. The molecule has 4 heteroatoms. The van der Waals surface area contributed by atoms with Crippen LogP contribution in [-0.2, 0) is 16.1 Å². The number of ether oxygens (including phenoxy) is 1. The molecule has 4 aromatic rings. The molecule has 0 aliphatic carbocycles. The van der Waals surface area contributed by atoms with Crippen molar-refractivity contribution in [3.05, 3.63) is 65.0 Å². The number of carbonyl (C=O) groups is 1. The number of benzene rings is 2. The first-order chi connectivity index (χ1) is 13.9. The van der Waals surface area contributed by atoms with E-state index < -0.39 is 0 Å². The number of nitrogens with zero attached hydrogens (tertiary/aromatic N) is 2. The summed E-state index contributed by atoms with van der Waals surface area (Å²) in [5.74, 6) is -0.217. The third-order valence-electron chi connectivity index (χ3n) is 5.52. The van der Waals surface area contributed by atoms with Crippen LogP contribution in [0.1, 0.15) is 29.3 Å². The molecule has 4 nitrogen and oxygen atoms in total. The van der Waals surface area contributed by atoms with Gasteiger partial charge in [-0.25, -0.2) is 0 Å². The first kappa shape index (κ1) is 19.2. The predicted octanol–water partition coefficient (Wildman–Crippen LogP) is 5.65. The van der Waals surface area contributed by atoms with Crippen LogP contribution in [0.3, 0.4) is 0 Å². The van der Waals surface area contributed by atoms with Crippen LogP contribution < -0.4 is 0 Å². The summed E-state index contributed by atoms with van der Waals surface area (Å²) in [7, 11) is 0. The highest BCUT2D eigenvalue weighted by molar-refractivity contribution is 6.06. The van der Waals surface area contributed by atoms with E-state index in [1.165, 1.54) is 16.7 Å². The summed E-state index contributed by atoms with van der Waals surface area (Å²) < 4.78 is 7.29. The van der Waals surface area contributed by atoms with Crippen LogP contribution in [0.15, 0.2) is 42.6 Å². The van der Waals surface area contributed by atoms with Crippen LogP contribution in [0.2, 0.25) is 0 Å². The molecule has 0 unspecified atom stereocenters. The van der Waals surface area contributed by atoms with Gasteiger partial charge in [-0.05, 0) is 70.0 Å². The van der Waals surface area contributed by atoms with Gasteiger partial charge in [0.2, 0.25) is 0 Å². The summed E-state index contributed by atoms with van der Waals surface area (Å²) in [5, 5.41) is 2.29. The van der Waals surface area contributed by atoms with Crippen molar-refractivity contribution in [1.29, 1.82) is 0 Å². The van der Waals surface area contributed by atoms with Crippen molar-refractivity contribution in [2.45, 2.75) is 41.2 Å². The molecule has 4 rings (SSSR count). The van der Waals surface area contributed by atoms with Crippen molar-refractivity contribution >= 4 is 27.8 Å². The van der Waals surface area contributed by atoms with E-state index in [1.807, 2.05) is 13.1 Å². The summed E-state index contributed by atoms with van der Waals surface area (Å²) >= 11 is 0. The minimum Gasteiger partial charge on any atom is -0.465 e. The Balaban J connectivity index is 2.05. The van der Waals surface area contributed by atoms with Crippen molar-refractivity contribution in [3.63, 3.8) is 0 Å². The maximum Gasteiger partial charge on any atom is 0.325 e. The molecule has 29 heavy (non-hydrogen) atoms. The summed E-state index contributed by atoms with van der Waals surface area (Å²) in [5.41, 5.74) is 9.02. The van der Waals surface area contributed by atoms with Gasteiger partial charge in [0.05, 0.1) is 12.1 Å². The quantitative estimate of drug-likeness (QED) is 0.426. The Morgan fingerprint density at radius 2 is 1.76 bits per heavy atom. The molecule has 0 aliphatic heterocycles. The fourth-order valence-corrected chi connectivity index (χ4v) is 4.31. The second-order valence-electron chi connectivity index (χ2n) is 7.71. The van der Waals surface area contributed by atoms with Gasteiger partial charge >= 0.3 is 5.97 Å². The number of pyridine rings is 1. The molecule has 0 saturated heterocycles. The van der Waals surface area contributed by atoms with E-state index in [9.17, 15) is 4.79 Å². The lowest BCUT2D eigenvalue weighted by atomic mass is 9.95. The fourth-order valence-electron chi connectivity index (χ4n) is 4.31. The highest BCUT2D eigenvalue weighted by atomic mass is 16.5. The van der Waals surface area contributed by atoms with Crippen LogP contribution in [0.5, 0.6) is 0 Å². The Labute approximate surface area is 171 Å². The van der Waals surface area contributed by atoms with E-state index in [4.69, 9.17) is 4.74 Å². The van der Waals surface area contributed by atoms with Gasteiger partial charge in [-0.3, -0.25) is 9.78 Å². The van der Waals surface area contributed by atoms with Gasteiger partial charge in [-0.2, -0.15) is 0 Å². The van der Waals surface area contributed by atoms with Gasteiger partial charge < -0.3 is 9.30 Å². The lowest BCUT2D eigenvalue weighted by Gasteiger charge is -2.11. The van der Waals surface area contributed by atoms with E-state index in [2.05, 4.69) is 73.6 Å². The van der Waals surface area contributed by atoms with Gasteiger partial charge in [0, 0.05) is 33.7 Å². The molecule has 2 aromatic carbocycles. The maximum atomic E-state index is 12.3. The number of aromatic nitrogens is 2. The van der Waals surface area contributed by atoms with Crippen LogP contribution in [0.4, 0.5) is 0 Å². The Hall–Kier alpha value is -3.14. The molecule has 0 fully saturated rings. The summed E-state index contributed by atoms with van der Waals surface area (Å²) in [6.45, 7) is 10.8. The van der Waals surface area contributed by atoms with Crippen molar-refractivity contribution in [3.8, 4) is 11.1 Å². The predicted molar refractivity (Wildman–Crippen MR) is 118 cm³/mol. The Morgan fingerprint density at radius 3 is 2.52 bits per heavy atom. The van der Waals surface area contributed by atoms with Crippen LogP contribution >= 0.6 is 0 Å². The molecule has 0 bridgehead atoms. The van der Waals surface area contributed by atoms with Crippen molar-refractivity contribution in [2.24, 2.45) is 0 Å². The normalized spacial score (nSPS) is 11.3. The number of hydrogen-bond acceptors (Lipinski definition) is 3. The lowest BCUT2D eigenvalue weighted by molar-refractivity contribution is -0.143. The average Bonchev–Trinajstić information content (AvgIpc) is 2.92. The van der Waals surface area contributed by atoms with E-state index >= 15 is 0 Å². The zero-order chi connectivity index (χ0) is 20.7. The molecule has 0 radical (unpaired) electrons. The minimum atomic E-state index is -0.217. The molecule has 2 aromatic heterocycles. The molecular weight excluding hydrogens is 360 g/mol. The topological polar surface area (TPSA) is 44.1 Å². The van der Waals surface area contributed by atoms with Gasteiger partial charge in [-0.1, -0.05) is 23.3 Å². The van der Waals surface area contributed by atoms with Gasteiger partial charge in [0.25, 0.3) is 0 Å². The molecule has 0 aliphatic rings. The van der Waals surface area contributed by atoms with E-state index in [-0.39, 0.29) is 12.5 Å². The van der Waals surface area contributed by atoms with E-state index in [0.717, 1.165) is 38.6 Å². The largest absolute Gasteiger partial charge is 0.465 e. The highest BCUT2D eigenvalue weighted by Gasteiger charge is 2.20. The third-order valence-corrected chi connectivity index (χ3v) is 5.52. The number of aryl methyl sites for hydroxylation is 3. The monoisotopic (exact) mass is 386 g/mol. The summed E-state index contributed by atoms with van der Waals surface area (Å²) in [4.78, 5) is 16.9. The number of fused-ring (bicyclic) bond motifs is 2. The molecule has 148 valence electrons. The number of rotatable bonds is 4. The van der Waals surface area contributed by atoms with Gasteiger partial charge in [0.15, 0.2) is 0 Å². The fraction of sp³-hybridized carbons (Fsp3) is 0.280. The lowest BCUT2D eigenvalue weighted by Crippen LogP contribution is -2.14. The Bertz CT molecular complexity index is 1250. The second-order valence-corrected chi connectivity index (χ2v) is 7.71. The zero-order valence-corrected chi connectivity index (χ0v) is 17.7. The minimum absolute atomic E-state index is 0.209. The van der Waals surface area contributed by atoms with Crippen LogP contribution in [0.25, 0.3) is 32.9 Å². The standard InChI is InChI=1S/C25H26N2O2/c1-6-29-23(28)14-27-18(5)24(21-12-15(2)7-8-22(21)27)19-9-10-26-25-17(4)11-16(3)13-20(19)25/h7-13H,6,14H2,1-5H3. The molecule has 0 N–H and O–H groups in total. The highest BCUT2D eigenvalue weighted by Crippen LogP contribution is 2.39. The van der Waals surface area contributed by atoms with Gasteiger partial charge in [-0.15, -0.1) is 0 Å². The molecule has 2 heterocycles. The molecule has 0 spiro atoms. The maximum absolute atomic E-state index is 12.3. The van der Waals surface area contributed by atoms with Crippen molar-refractivity contribution < 1.29 is 9.53 Å². The van der Waals surface area contributed by atoms with Crippen molar-refractivity contribution in [1.82, 2.24) is 9.55 Å². The number of carbonyl (C=O) groups excluding carboxylic acids is 1. The Morgan fingerprint density at radius 1 is 1.00 bits per heavy atom. The molecule has 0 saturated carbocycles.